The van der Waals surface area contributed by atoms with E-state index >= 15 is 0 Å². The van der Waals surface area contributed by atoms with E-state index in [4.69, 9.17) is 10.5 Å². The fourth-order valence-corrected chi connectivity index (χ4v) is 2.42. The van der Waals surface area contributed by atoms with Gasteiger partial charge in [0, 0.05) is 38.8 Å². The monoisotopic (exact) mass is 242 g/mol. The first-order valence-electron chi connectivity index (χ1n) is 6.76. The van der Waals surface area contributed by atoms with Crippen LogP contribution in [0.4, 0.5) is 0 Å². The van der Waals surface area contributed by atoms with Crippen molar-refractivity contribution < 1.29 is 9.53 Å². The molecule has 1 heterocycles. The summed E-state index contributed by atoms with van der Waals surface area (Å²) >= 11 is 0. The fourth-order valence-electron chi connectivity index (χ4n) is 2.42. The van der Waals surface area contributed by atoms with Gasteiger partial charge in [-0.2, -0.15) is 0 Å². The van der Waals surface area contributed by atoms with Gasteiger partial charge in [0.1, 0.15) is 0 Å². The highest BCUT2D eigenvalue weighted by atomic mass is 16.5. The number of hydrogen-bond donors (Lipinski definition) is 1. The van der Waals surface area contributed by atoms with Crippen molar-refractivity contribution in [3.05, 3.63) is 0 Å². The molecule has 2 unspecified atom stereocenters. The van der Waals surface area contributed by atoms with Crippen molar-refractivity contribution in [3.8, 4) is 0 Å². The van der Waals surface area contributed by atoms with Crippen LogP contribution in [0.5, 0.6) is 0 Å². The van der Waals surface area contributed by atoms with Crippen LogP contribution in [0.15, 0.2) is 0 Å². The molecule has 1 aliphatic heterocycles. The van der Waals surface area contributed by atoms with E-state index in [0.29, 0.717) is 25.5 Å². The maximum atomic E-state index is 12.1. The van der Waals surface area contributed by atoms with E-state index in [0.717, 1.165) is 32.4 Å². The predicted octanol–water partition coefficient (Wildman–Crippen LogP) is 1.39. The highest BCUT2D eigenvalue weighted by Gasteiger charge is 2.28. The summed E-state index contributed by atoms with van der Waals surface area (Å²) in [5.74, 6) is 0.933. The smallest absolute Gasteiger partial charge is 0.222 e. The van der Waals surface area contributed by atoms with Crippen LogP contribution in [0.2, 0.25) is 0 Å². The molecule has 1 aliphatic rings. The summed E-state index contributed by atoms with van der Waals surface area (Å²) in [6.45, 7) is 7.07. The SMILES string of the molecule is CCOCCCC(=O)N1CCC(C)CC1CN. The molecule has 0 aromatic rings. The van der Waals surface area contributed by atoms with E-state index in [1.54, 1.807) is 0 Å². The number of hydrogen-bond acceptors (Lipinski definition) is 3. The first-order chi connectivity index (χ1) is 8.19. The zero-order chi connectivity index (χ0) is 12.7. The first kappa shape index (κ1) is 14.5. The Morgan fingerprint density at radius 1 is 1.53 bits per heavy atom. The van der Waals surface area contributed by atoms with Crippen molar-refractivity contribution in [1.29, 1.82) is 0 Å². The van der Waals surface area contributed by atoms with Gasteiger partial charge in [0.15, 0.2) is 0 Å². The van der Waals surface area contributed by atoms with E-state index in [-0.39, 0.29) is 11.9 Å². The molecule has 4 heteroatoms. The molecule has 1 amide bonds. The zero-order valence-corrected chi connectivity index (χ0v) is 11.2. The van der Waals surface area contributed by atoms with Crippen LogP contribution in [0.1, 0.15) is 39.5 Å². The Bertz CT molecular complexity index is 233. The maximum absolute atomic E-state index is 12.1. The van der Waals surface area contributed by atoms with Crippen LogP contribution in [0.3, 0.4) is 0 Å². The van der Waals surface area contributed by atoms with E-state index in [2.05, 4.69) is 6.92 Å². The van der Waals surface area contributed by atoms with Gasteiger partial charge in [-0.1, -0.05) is 6.92 Å². The molecule has 0 bridgehead atoms. The van der Waals surface area contributed by atoms with Crippen LogP contribution in [0, 0.1) is 5.92 Å². The van der Waals surface area contributed by atoms with Crippen molar-refractivity contribution in [2.75, 3.05) is 26.3 Å². The first-order valence-corrected chi connectivity index (χ1v) is 6.76. The summed E-state index contributed by atoms with van der Waals surface area (Å²) in [5, 5.41) is 0. The molecule has 0 spiro atoms. The van der Waals surface area contributed by atoms with Gasteiger partial charge in [-0.15, -0.1) is 0 Å². The average Bonchev–Trinajstić information content (AvgIpc) is 2.34. The summed E-state index contributed by atoms with van der Waals surface area (Å²) < 4.78 is 5.25. The second kappa shape index (κ2) is 7.67. The lowest BCUT2D eigenvalue weighted by atomic mass is 9.92. The molecular formula is C13H26N2O2. The Kier molecular flexibility index (Phi) is 6.52. The highest BCUT2D eigenvalue weighted by Crippen LogP contribution is 2.22. The molecule has 0 saturated carbocycles. The molecule has 0 radical (unpaired) electrons. The van der Waals surface area contributed by atoms with Crippen molar-refractivity contribution in [3.63, 3.8) is 0 Å². The van der Waals surface area contributed by atoms with Crippen molar-refractivity contribution >= 4 is 5.91 Å². The fraction of sp³-hybridized carbons (Fsp3) is 0.923. The molecule has 2 atom stereocenters. The number of amides is 1. The summed E-state index contributed by atoms with van der Waals surface area (Å²) in [6, 6.07) is 0.248. The van der Waals surface area contributed by atoms with Crippen LogP contribution < -0.4 is 5.73 Å². The minimum atomic E-state index is 0.243. The van der Waals surface area contributed by atoms with Gasteiger partial charge in [-0.05, 0) is 32.1 Å². The van der Waals surface area contributed by atoms with Gasteiger partial charge < -0.3 is 15.4 Å². The third-order valence-corrected chi connectivity index (χ3v) is 3.45. The Morgan fingerprint density at radius 2 is 2.29 bits per heavy atom. The lowest BCUT2D eigenvalue weighted by molar-refractivity contribution is -0.135. The Labute approximate surface area is 104 Å². The van der Waals surface area contributed by atoms with E-state index in [1.807, 2.05) is 11.8 Å². The summed E-state index contributed by atoms with van der Waals surface area (Å²) in [5.41, 5.74) is 5.75. The number of likely N-dealkylation sites (tertiary alicyclic amines) is 1. The number of nitrogens with two attached hydrogens (primary N) is 1. The lowest BCUT2D eigenvalue weighted by Crippen LogP contribution is -2.49. The van der Waals surface area contributed by atoms with E-state index in [1.165, 1.54) is 0 Å². The van der Waals surface area contributed by atoms with Crippen LogP contribution in [-0.4, -0.2) is 43.2 Å². The second-order valence-electron chi connectivity index (χ2n) is 4.91. The minimum absolute atomic E-state index is 0.243. The topological polar surface area (TPSA) is 55.6 Å². The standard InChI is InChI=1S/C13H26N2O2/c1-3-17-8-4-5-13(16)15-7-6-11(2)9-12(15)10-14/h11-12H,3-10,14H2,1-2H3. The van der Waals surface area contributed by atoms with Gasteiger partial charge in [0.05, 0.1) is 0 Å². The Morgan fingerprint density at radius 3 is 2.94 bits per heavy atom. The molecule has 2 N–H and O–H groups in total. The molecule has 1 fully saturated rings. The molecule has 4 nitrogen and oxygen atoms in total. The molecule has 17 heavy (non-hydrogen) atoms. The predicted molar refractivity (Wildman–Crippen MR) is 68.7 cm³/mol. The summed E-state index contributed by atoms with van der Waals surface area (Å²) in [7, 11) is 0. The molecule has 100 valence electrons. The average molecular weight is 242 g/mol. The van der Waals surface area contributed by atoms with E-state index in [9.17, 15) is 4.79 Å². The molecule has 1 saturated heterocycles. The van der Waals surface area contributed by atoms with Crippen molar-refractivity contribution in [2.24, 2.45) is 11.7 Å². The van der Waals surface area contributed by atoms with Crippen LogP contribution in [-0.2, 0) is 9.53 Å². The number of carbonyl (C=O) groups excluding carboxylic acids is 1. The van der Waals surface area contributed by atoms with Gasteiger partial charge in [-0.3, -0.25) is 4.79 Å². The van der Waals surface area contributed by atoms with Gasteiger partial charge in [-0.25, -0.2) is 0 Å². The summed E-state index contributed by atoms with van der Waals surface area (Å²) in [6.07, 6.45) is 3.56. The third-order valence-electron chi connectivity index (χ3n) is 3.45. The molecule has 0 aliphatic carbocycles. The number of nitrogens with zero attached hydrogens (tertiary/aromatic N) is 1. The quantitative estimate of drug-likeness (QED) is 0.716. The van der Waals surface area contributed by atoms with Crippen LogP contribution >= 0.6 is 0 Å². The van der Waals surface area contributed by atoms with Gasteiger partial charge >= 0.3 is 0 Å². The Balaban J connectivity index is 2.33. The van der Waals surface area contributed by atoms with E-state index < -0.39 is 0 Å². The number of ether oxygens (including phenoxy) is 1. The second-order valence-corrected chi connectivity index (χ2v) is 4.91. The largest absolute Gasteiger partial charge is 0.382 e. The van der Waals surface area contributed by atoms with Crippen molar-refractivity contribution in [2.45, 2.75) is 45.6 Å². The normalized spacial score (nSPS) is 25.0. The molecule has 0 aromatic heterocycles. The zero-order valence-electron chi connectivity index (χ0n) is 11.2. The van der Waals surface area contributed by atoms with Crippen molar-refractivity contribution in [1.82, 2.24) is 4.90 Å². The Hall–Kier alpha value is -0.610. The van der Waals surface area contributed by atoms with Gasteiger partial charge in [0.25, 0.3) is 0 Å². The minimum Gasteiger partial charge on any atom is -0.382 e. The number of rotatable bonds is 6. The van der Waals surface area contributed by atoms with Gasteiger partial charge in [0.2, 0.25) is 5.91 Å². The lowest BCUT2D eigenvalue weighted by Gasteiger charge is -2.38. The molecule has 1 rings (SSSR count). The van der Waals surface area contributed by atoms with Crippen LogP contribution in [0.25, 0.3) is 0 Å². The molecule has 0 aromatic carbocycles. The maximum Gasteiger partial charge on any atom is 0.222 e. The molecular weight excluding hydrogens is 216 g/mol. The summed E-state index contributed by atoms with van der Waals surface area (Å²) in [4.78, 5) is 14.0. The third kappa shape index (κ3) is 4.64. The number of carbonyl (C=O) groups is 1. The highest BCUT2D eigenvalue weighted by molar-refractivity contribution is 5.76. The number of piperidine rings is 1.